The van der Waals surface area contributed by atoms with Gasteiger partial charge < -0.3 is 11.1 Å². The predicted molar refractivity (Wildman–Crippen MR) is 48.0 cm³/mol. The summed E-state index contributed by atoms with van der Waals surface area (Å²) in [7, 11) is 0. The Bertz CT molecular complexity index is 275. The van der Waals surface area contributed by atoms with Gasteiger partial charge in [-0.1, -0.05) is 0 Å². The van der Waals surface area contributed by atoms with Crippen LogP contribution in [0.15, 0.2) is 0 Å². The van der Waals surface area contributed by atoms with Gasteiger partial charge in [0, 0.05) is 6.42 Å². The van der Waals surface area contributed by atoms with E-state index in [1.165, 1.54) is 6.92 Å². The Morgan fingerprint density at radius 2 is 2.29 bits per heavy atom. The Morgan fingerprint density at radius 3 is 2.79 bits per heavy atom. The molecule has 2 atom stereocenters. The van der Waals surface area contributed by atoms with E-state index in [0.717, 1.165) is 0 Å². The van der Waals surface area contributed by atoms with Gasteiger partial charge in [-0.2, -0.15) is 0 Å². The van der Waals surface area contributed by atoms with Gasteiger partial charge in [-0.05, 0) is 13.3 Å². The number of nitrogens with two attached hydrogens (primary N) is 1. The summed E-state index contributed by atoms with van der Waals surface area (Å²) >= 11 is 0. The van der Waals surface area contributed by atoms with Gasteiger partial charge in [-0.3, -0.25) is 19.7 Å². The summed E-state index contributed by atoms with van der Waals surface area (Å²) in [4.78, 5) is 33.1. The third-order valence-electron chi connectivity index (χ3n) is 1.97. The van der Waals surface area contributed by atoms with E-state index in [1.54, 1.807) is 0 Å². The fourth-order valence-corrected chi connectivity index (χ4v) is 1.13. The molecule has 1 aliphatic rings. The van der Waals surface area contributed by atoms with Crippen LogP contribution in [-0.4, -0.2) is 29.8 Å². The molecular weight excluding hydrogens is 186 g/mol. The first kappa shape index (κ1) is 10.6. The van der Waals surface area contributed by atoms with Crippen molar-refractivity contribution in [2.75, 3.05) is 0 Å². The van der Waals surface area contributed by atoms with Gasteiger partial charge in [-0.25, -0.2) is 0 Å². The maximum Gasteiger partial charge on any atom is 0.249 e. The molecule has 0 bridgehead atoms. The molecule has 1 heterocycles. The van der Waals surface area contributed by atoms with Gasteiger partial charge in [-0.15, -0.1) is 0 Å². The number of imide groups is 1. The lowest BCUT2D eigenvalue weighted by atomic mass is 10.1. The Morgan fingerprint density at radius 1 is 1.64 bits per heavy atom. The number of rotatable bonds is 2. The van der Waals surface area contributed by atoms with Crippen molar-refractivity contribution in [3.63, 3.8) is 0 Å². The monoisotopic (exact) mass is 199 g/mol. The SMILES string of the molecule is C[C@H](N)C(=O)N[C@H]1CCC(=O)NC1=O. The molecule has 0 spiro atoms. The zero-order chi connectivity index (χ0) is 10.7. The van der Waals surface area contributed by atoms with E-state index in [-0.39, 0.29) is 18.2 Å². The number of piperidine rings is 1. The van der Waals surface area contributed by atoms with Gasteiger partial charge in [0.1, 0.15) is 6.04 Å². The van der Waals surface area contributed by atoms with E-state index in [1.807, 2.05) is 0 Å². The fraction of sp³-hybridized carbons (Fsp3) is 0.625. The Hall–Kier alpha value is -1.43. The summed E-state index contributed by atoms with van der Waals surface area (Å²) in [6.07, 6.45) is 0.582. The topological polar surface area (TPSA) is 101 Å². The van der Waals surface area contributed by atoms with Crippen molar-refractivity contribution in [3.05, 3.63) is 0 Å². The molecule has 4 N–H and O–H groups in total. The predicted octanol–water partition coefficient (Wildman–Crippen LogP) is -1.74. The molecule has 6 heteroatoms. The molecule has 3 amide bonds. The summed E-state index contributed by atoms with van der Waals surface area (Å²) in [5.41, 5.74) is 5.32. The minimum Gasteiger partial charge on any atom is -0.343 e. The van der Waals surface area contributed by atoms with Gasteiger partial charge in [0.25, 0.3) is 0 Å². The molecule has 0 saturated carbocycles. The quantitative estimate of drug-likeness (QED) is 0.459. The van der Waals surface area contributed by atoms with Crippen LogP contribution in [0.1, 0.15) is 19.8 Å². The second-order valence-electron chi connectivity index (χ2n) is 3.30. The van der Waals surface area contributed by atoms with Crippen LogP contribution in [0.3, 0.4) is 0 Å². The first-order valence-corrected chi connectivity index (χ1v) is 4.40. The van der Waals surface area contributed by atoms with E-state index < -0.39 is 18.0 Å². The Balaban J connectivity index is 2.49. The highest BCUT2D eigenvalue weighted by atomic mass is 16.2. The van der Waals surface area contributed by atoms with Crippen LogP contribution < -0.4 is 16.4 Å². The summed E-state index contributed by atoms with van der Waals surface area (Å²) in [5.74, 6) is -1.16. The lowest BCUT2D eigenvalue weighted by Crippen LogP contribution is -2.54. The van der Waals surface area contributed by atoms with Crippen LogP contribution in [0.2, 0.25) is 0 Å². The van der Waals surface area contributed by atoms with E-state index in [2.05, 4.69) is 10.6 Å². The first-order chi connectivity index (χ1) is 6.50. The summed E-state index contributed by atoms with van der Waals surface area (Å²) < 4.78 is 0. The zero-order valence-electron chi connectivity index (χ0n) is 7.87. The van der Waals surface area contributed by atoms with Crippen molar-refractivity contribution in [1.29, 1.82) is 0 Å². The van der Waals surface area contributed by atoms with Crippen molar-refractivity contribution in [1.82, 2.24) is 10.6 Å². The number of carbonyl (C=O) groups is 3. The third kappa shape index (κ3) is 2.53. The second-order valence-corrected chi connectivity index (χ2v) is 3.30. The number of hydrogen-bond acceptors (Lipinski definition) is 4. The van der Waals surface area contributed by atoms with Gasteiger partial charge in [0.2, 0.25) is 17.7 Å². The Kier molecular flexibility index (Phi) is 3.19. The standard InChI is InChI=1S/C8H13N3O3/c1-4(9)7(13)10-5-2-3-6(12)11-8(5)14/h4-5H,2-3,9H2,1H3,(H,10,13)(H,11,12,14)/t4-,5-/m0/s1. The molecule has 0 unspecified atom stereocenters. The van der Waals surface area contributed by atoms with Crippen molar-refractivity contribution in [2.24, 2.45) is 5.73 Å². The average molecular weight is 199 g/mol. The largest absolute Gasteiger partial charge is 0.343 e. The second kappa shape index (κ2) is 4.19. The molecule has 0 radical (unpaired) electrons. The van der Waals surface area contributed by atoms with Crippen LogP contribution in [-0.2, 0) is 14.4 Å². The summed E-state index contributed by atoms with van der Waals surface area (Å²) in [6, 6.07) is -1.29. The van der Waals surface area contributed by atoms with E-state index in [0.29, 0.717) is 6.42 Å². The molecule has 1 fully saturated rings. The van der Waals surface area contributed by atoms with Gasteiger partial charge in [0.05, 0.1) is 6.04 Å². The minimum atomic E-state index is -0.652. The van der Waals surface area contributed by atoms with Gasteiger partial charge >= 0.3 is 0 Å². The average Bonchev–Trinajstić information content (AvgIpc) is 2.09. The first-order valence-electron chi connectivity index (χ1n) is 4.40. The maximum absolute atomic E-state index is 11.2. The maximum atomic E-state index is 11.2. The van der Waals surface area contributed by atoms with Crippen molar-refractivity contribution in [3.8, 4) is 0 Å². The molecular formula is C8H13N3O3. The molecule has 14 heavy (non-hydrogen) atoms. The third-order valence-corrected chi connectivity index (χ3v) is 1.97. The summed E-state index contributed by atoms with van der Waals surface area (Å²) in [5, 5.41) is 4.60. The molecule has 0 aromatic heterocycles. The molecule has 78 valence electrons. The number of carbonyl (C=O) groups excluding carboxylic acids is 3. The molecule has 0 aromatic rings. The van der Waals surface area contributed by atoms with Crippen LogP contribution in [0.5, 0.6) is 0 Å². The zero-order valence-corrected chi connectivity index (χ0v) is 7.87. The van der Waals surface area contributed by atoms with E-state index >= 15 is 0 Å². The molecule has 0 aliphatic carbocycles. The van der Waals surface area contributed by atoms with Crippen molar-refractivity contribution < 1.29 is 14.4 Å². The molecule has 1 rings (SSSR count). The Labute approximate surface area is 81.2 Å². The van der Waals surface area contributed by atoms with E-state index in [9.17, 15) is 14.4 Å². The lowest BCUT2D eigenvalue weighted by Gasteiger charge is -2.22. The van der Waals surface area contributed by atoms with Crippen LogP contribution in [0.25, 0.3) is 0 Å². The molecule has 6 nitrogen and oxygen atoms in total. The van der Waals surface area contributed by atoms with Crippen LogP contribution in [0, 0.1) is 0 Å². The molecule has 1 aliphatic heterocycles. The number of nitrogens with one attached hydrogen (secondary N) is 2. The van der Waals surface area contributed by atoms with Crippen LogP contribution >= 0.6 is 0 Å². The highest BCUT2D eigenvalue weighted by molar-refractivity contribution is 6.01. The summed E-state index contributed by atoms with van der Waals surface area (Å²) in [6.45, 7) is 1.53. The fourth-order valence-electron chi connectivity index (χ4n) is 1.13. The lowest BCUT2D eigenvalue weighted by molar-refractivity contribution is -0.137. The highest BCUT2D eigenvalue weighted by Gasteiger charge is 2.28. The normalized spacial score (nSPS) is 24.0. The molecule has 1 saturated heterocycles. The van der Waals surface area contributed by atoms with Crippen molar-refractivity contribution >= 4 is 17.7 Å². The van der Waals surface area contributed by atoms with Crippen molar-refractivity contribution in [2.45, 2.75) is 31.8 Å². The van der Waals surface area contributed by atoms with Gasteiger partial charge in [0.15, 0.2) is 0 Å². The minimum absolute atomic E-state index is 0.246. The number of hydrogen-bond donors (Lipinski definition) is 3. The molecule has 0 aromatic carbocycles. The smallest absolute Gasteiger partial charge is 0.249 e. The van der Waals surface area contributed by atoms with Crippen LogP contribution in [0.4, 0.5) is 0 Å². The number of amides is 3. The highest BCUT2D eigenvalue weighted by Crippen LogP contribution is 2.03. The van der Waals surface area contributed by atoms with E-state index in [4.69, 9.17) is 5.73 Å².